The van der Waals surface area contributed by atoms with E-state index in [1.807, 2.05) is 24.3 Å². The fourth-order valence-corrected chi connectivity index (χ4v) is 3.22. The maximum atomic E-state index is 11.9. The third-order valence-electron chi connectivity index (χ3n) is 4.36. The summed E-state index contributed by atoms with van der Waals surface area (Å²) in [6, 6.07) is 8.02. The van der Waals surface area contributed by atoms with Gasteiger partial charge in [-0.2, -0.15) is 0 Å². The van der Waals surface area contributed by atoms with E-state index in [-0.39, 0.29) is 5.97 Å². The number of carbonyl (C=O) groups is 1. The summed E-state index contributed by atoms with van der Waals surface area (Å²) in [5.74, 6) is 0.215. The van der Waals surface area contributed by atoms with Gasteiger partial charge in [-0.05, 0) is 37.4 Å². The number of nitrogens with zero attached hydrogens (tertiary/aromatic N) is 1. The Balaban J connectivity index is 2.28. The van der Waals surface area contributed by atoms with Crippen LogP contribution in [0.15, 0.2) is 24.3 Å². The van der Waals surface area contributed by atoms with Crippen LogP contribution in [0.1, 0.15) is 36.0 Å². The van der Waals surface area contributed by atoms with E-state index in [2.05, 4.69) is 11.9 Å². The molecule has 2 rings (SSSR count). The van der Waals surface area contributed by atoms with Crippen LogP contribution < -0.4 is 10.6 Å². The molecular formula is C16H24N2O2. The molecule has 4 nitrogen and oxygen atoms in total. The van der Waals surface area contributed by atoms with Gasteiger partial charge in [0.05, 0.1) is 18.4 Å². The van der Waals surface area contributed by atoms with Gasteiger partial charge in [-0.3, -0.25) is 0 Å². The molecule has 1 aliphatic rings. The molecule has 1 aromatic rings. The number of nitrogens with two attached hydrogens (primary N) is 1. The van der Waals surface area contributed by atoms with Crippen molar-refractivity contribution in [3.8, 4) is 0 Å². The Morgan fingerprint density at radius 1 is 1.35 bits per heavy atom. The summed E-state index contributed by atoms with van der Waals surface area (Å²) in [5, 5.41) is 0. The molecule has 2 N–H and O–H groups in total. The predicted molar refractivity (Wildman–Crippen MR) is 81.0 cm³/mol. The first-order chi connectivity index (χ1) is 9.69. The van der Waals surface area contributed by atoms with Crippen molar-refractivity contribution in [2.45, 2.75) is 31.7 Å². The van der Waals surface area contributed by atoms with Crippen LogP contribution in [-0.4, -0.2) is 32.7 Å². The topological polar surface area (TPSA) is 55.6 Å². The molecule has 1 aliphatic carbocycles. The summed E-state index contributed by atoms with van der Waals surface area (Å²) >= 11 is 0. The van der Waals surface area contributed by atoms with Crippen LogP contribution >= 0.6 is 0 Å². The molecule has 1 fully saturated rings. The van der Waals surface area contributed by atoms with Crippen molar-refractivity contribution < 1.29 is 9.53 Å². The van der Waals surface area contributed by atoms with Crippen molar-refractivity contribution in [2.24, 2.45) is 11.7 Å². The normalized spacial score (nSPS) is 22.4. The average Bonchev–Trinajstić information content (AvgIpc) is 2.53. The zero-order valence-electron chi connectivity index (χ0n) is 12.3. The standard InChI is InChI=1S/C16H24N2O2/c1-18(14-9-5-3-7-12(14)11-17)15-10-6-4-8-13(15)16(19)20-2/h4,6,8,10,12,14H,3,5,7,9,11,17H2,1-2H3. The van der Waals surface area contributed by atoms with Gasteiger partial charge in [0.2, 0.25) is 0 Å². The first kappa shape index (κ1) is 14.9. The van der Waals surface area contributed by atoms with Crippen molar-refractivity contribution in [1.82, 2.24) is 0 Å². The second kappa shape index (κ2) is 6.75. The molecule has 4 heteroatoms. The molecule has 0 saturated heterocycles. The maximum absolute atomic E-state index is 11.9. The van der Waals surface area contributed by atoms with Gasteiger partial charge in [0, 0.05) is 13.1 Å². The minimum Gasteiger partial charge on any atom is -0.465 e. The highest BCUT2D eigenvalue weighted by Crippen LogP contribution is 2.32. The number of methoxy groups -OCH3 is 1. The van der Waals surface area contributed by atoms with Gasteiger partial charge in [0.1, 0.15) is 0 Å². The highest BCUT2D eigenvalue weighted by atomic mass is 16.5. The fraction of sp³-hybridized carbons (Fsp3) is 0.562. The first-order valence-corrected chi connectivity index (χ1v) is 7.29. The van der Waals surface area contributed by atoms with Crippen LogP contribution in [0.3, 0.4) is 0 Å². The molecule has 2 atom stereocenters. The molecular weight excluding hydrogens is 252 g/mol. The third kappa shape index (κ3) is 2.96. The van der Waals surface area contributed by atoms with Gasteiger partial charge < -0.3 is 15.4 Å². The molecule has 0 aromatic heterocycles. The molecule has 0 aliphatic heterocycles. The van der Waals surface area contributed by atoms with Gasteiger partial charge in [0.25, 0.3) is 0 Å². The monoisotopic (exact) mass is 276 g/mol. The van der Waals surface area contributed by atoms with E-state index in [0.717, 1.165) is 12.1 Å². The summed E-state index contributed by atoms with van der Waals surface area (Å²) in [4.78, 5) is 14.1. The lowest BCUT2D eigenvalue weighted by molar-refractivity contribution is 0.0601. The number of hydrogen-bond acceptors (Lipinski definition) is 4. The van der Waals surface area contributed by atoms with Gasteiger partial charge in [-0.15, -0.1) is 0 Å². The second-order valence-electron chi connectivity index (χ2n) is 5.47. The molecule has 1 saturated carbocycles. The Hall–Kier alpha value is -1.55. The summed E-state index contributed by atoms with van der Waals surface area (Å²) in [6.45, 7) is 0.704. The number of esters is 1. The number of carbonyl (C=O) groups excluding carboxylic acids is 1. The van der Waals surface area contributed by atoms with Crippen LogP contribution in [0, 0.1) is 5.92 Å². The molecule has 0 bridgehead atoms. The van der Waals surface area contributed by atoms with E-state index in [0.29, 0.717) is 24.1 Å². The molecule has 0 spiro atoms. The van der Waals surface area contributed by atoms with Crippen molar-refractivity contribution in [2.75, 3.05) is 25.6 Å². The van der Waals surface area contributed by atoms with E-state index < -0.39 is 0 Å². The zero-order chi connectivity index (χ0) is 14.5. The molecule has 110 valence electrons. The summed E-state index contributed by atoms with van der Waals surface area (Å²) in [7, 11) is 3.48. The average molecular weight is 276 g/mol. The van der Waals surface area contributed by atoms with Crippen molar-refractivity contribution in [3.05, 3.63) is 29.8 Å². The Labute approximate surface area is 120 Å². The summed E-state index contributed by atoms with van der Waals surface area (Å²) in [6.07, 6.45) is 4.79. The van der Waals surface area contributed by atoms with Crippen LogP contribution in [0.5, 0.6) is 0 Å². The molecule has 2 unspecified atom stereocenters. The number of benzene rings is 1. The van der Waals surface area contributed by atoms with Gasteiger partial charge >= 0.3 is 5.97 Å². The number of hydrogen-bond donors (Lipinski definition) is 1. The second-order valence-corrected chi connectivity index (χ2v) is 5.47. The van der Waals surface area contributed by atoms with E-state index in [9.17, 15) is 4.79 Å². The highest BCUT2D eigenvalue weighted by molar-refractivity contribution is 5.95. The van der Waals surface area contributed by atoms with Crippen molar-refractivity contribution >= 4 is 11.7 Å². The first-order valence-electron chi connectivity index (χ1n) is 7.29. The molecule has 0 radical (unpaired) electrons. The van der Waals surface area contributed by atoms with Gasteiger partial charge in [-0.1, -0.05) is 25.0 Å². The lowest BCUT2D eigenvalue weighted by Crippen LogP contribution is -2.43. The van der Waals surface area contributed by atoms with E-state index >= 15 is 0 Å². The van der Waals surface area contributed by atoms with Gasteiger partial charge in [0.15, 0.2) is 0 Å². The predicted octanol–water partition coefficient (Wildman–Crippen LogP) is 2.43. The van der Waals surface area contributed by atoms with Gasteiger partial charge in [-0.25, -0.2) is 4.79 Å². The quantitative estimate of drug-likeness (QED) is 0.858. The van der Waals surface area contributed by atoms with Crippen molar-refractivity contribution in [1.29, 1.82) is 0 Å². The number of anilines is 1. The largest absolute Gasteiger partial charge is 0.465 e. The Morgan fingerprint density at radius 2 is 2.05 bits per heavy atom. The molecule has 0 heterocycles. The minimum atomic E-state index is -0.285. The SMILES string of the molecule is COC(=O)c1ccccc1N(C)C1CCCCC1CN. The maximum Gasteiger partial charge on any atom is 0.339 e. The Morgan fingerprint density at radius 3 is 2.75 bits per heavy atom. The van der Waals surface area contributed by atoms with Crippen LogP contribution in [0.4, 0.5) is 5.69 Å². The third-order valence-corrected chi connectivity index (χ3v) is 4.36. The fourth-order valence-electron chi connectivity index (χ4n) is 3.22. The Kier molecular flexibility index (Phi) is 5.01. The summed E-state index contributed by atoms with van der Waals surface area (Å²) in [5.41, 5.74) is 7.47. The van der Waals surface area contributed by atoms with Crippen LogP contribution in [-0.2, 0) is 4.74 Å². The molecule has 20 heavy (non-hydrogen) atoms. The summed E-state index contributed by atoms with van der Waals surface area (Å²) < 4.78 is 4.88. The van der Waals surface area contributed by atoms with E-state index in [4.69, 9.17) is 10.5 Å². The van der Waals surface area contributed by atoms with E-state index in [1.54, 1.807) is 0 Å². The zero-order valence-corrected chi connectivity index (χ0v) is 12.3. The lowest BCUT2D eigenvalue weighted by atomic mass is 9.83. The lowest BCUT2D eigenvalue weighted by Gasteiger charge is -2.39. The van der Waals surface area contributed by atoms with E-state index in [1.165, 1.54) is 26.4 Å². The number of para-hydroxylation sites is 1. The van der Waals surface area contributed by atoms with Crippen LogP contribution in [0.25, 0.3) is 0 Å². The highest BCUT2D eigenvalue weighted by Gasteiger charge is 2.29. The minimum absolute atomic E-state index is 0.285. The Bertz CT molecular complexity index is 462. The molecule has 1 aromatic carbocycles. The van der Waals surface area contributed by atoms with Crippen molar-refractivity contribution in [3.63, 3.8) is 0 Å². The number of ether oxygens (including phenoxy) is 1. The number of rotatable bonds is 4. The smallest absolute Gasteiger partial charge is 0.339 e. The molecule has 0 amide bonds. The van der Waals surface area contributed by atoms with Crippen LogP contribution in [0.2, 0.25) is 0 Å².